The SMILES string of the molecule is CCNC(COC)CS(=O)(=O)C(C)CC. The molecule has 0 bridgehead atoms. The minimum Gasteiger partial charge on any atom is -0.383 e. The van der Waals surface area contributed by atoms with Gasteiger partial charge < -0.3 is 10.1 Å². The Balaban J connectivity index is 4.37. The molecule has 0 heterocycles. The van der Waals surface area contributed by atoms with Crippen molar-refractivity contribution in [2.75, 3.05) is 26.0 Å². The van der Waals surface area contributed by atoms with Crippen LogP contribution in [0, 0.1) is 0 Å². The van der Waals surface area contributed by atoms with E-state index in [1.165, 1.54) is 0 Å². The monoisotopic (exact) mass is 237 g/mol. The molecule has 5 heteroatoms. The summed E-state index contributed by atoms with van der Waals surface area (Å²) in [6.45, 7) is 6.79. The molecule has 0 aliphatic carbocycles. The van der Waals surface area contributed by atoms with E-state index in [4.69, 9.17) is 4.74 Å². The molecule has 2 atom stereocenters. The molecule has 0 spiro atoms. The van der Waals surface area contributed by atoms with Gasteiger partial charge in [0.25, 0.3) is 0 Å². The number of nitrogens with one attached hydrogen (secondary N) is 1. The van der Waals surface area contributed by atoms with Crippen molar-refractivity contribution in [1.82, 2.24) is 5.32 Å². The summed E-state index contributed by atoms with van der Waals surface area (Å²) in [5.74, 6) is 0.156. The van der Waals surface area contributed by atoms with Crippen LogP contribution in [0.1, 0.15) is 27.2 Å². The minimum absolute atomic E-state index is 0.0981. The third kappa shape index (κ3) is 5.49. The summed E-state index contributed by atoms with van der Waals surface area (Å²) in [6.07, 6.45) is 0.661. The molecule has 0 aromatic carbocycles. The summed E-state index contributed by atoms with van der Waals surface area (Å²) >= 11 is 0. The van der Waals surface area contributed by atoms with Gasteiger partial charge in [-0.05, 0) is 19.9 Å². The normalized spacial score (nSPS) is 16.3. The second-order valence-corrected chi connectivity index (χ2v) is 6.22. The van der Waals surface area contributed by atoms with Gasteiger partial charge >= 0.3 is 0 Å². The molecular weight excluding hydrogens is 214 g/mol. The maximum atomic E-state index is 11.8. The van der Waals surface area contributed by atoms with Crippen molar-refractivity contribution >= 4 is 9.84 Å². The molecule has 1 N–H and O–H groups in total. The first-order chi connectivity index (χ1) is 6.97. The van der Waals surface area contributed by atoms with Crippen LogP contribution in [0.5, 0.6) is 0 Å². The number of sulfone groups is 1. The first-order valence-electron chi connectivity index (χ1n) is 5.41. The highest BCUT2D eigenvalue weighted by Crippen LogP contribution is 2.07. The fourth-order valence-electron chi connectivity index (χ4n) is 1.35. The number of hydrogen-bond donors (Lipinski definition) is 1. The largest absolute Gasteiger partial charge is 0.383 e. The average molecular weight is 237 g/mol. The first kappa shape index (κ1) is 14.9. The van der Waals surface area contributed by atoms with Gasteiger partial charge in [-0.2, -0.15) is 0 Å². The molecule has 0 aliphatic heterocycles. The number of methoxy groups -OCH3 is 1. The van der Waals surface area contributed by atoms with Crippen LogP contribution in [-0.4, -0.2) is 45.7 Å². The summed E-state index contributed by atoms with van der Waals surface area (Å²) in [5, 5.41) is 2.85. The molecule has 0 aromatic rings. The summed E-state index contributed by atoms with van der Waals surface area (Å²) in [6, 6.07) is -0.0981. The topological polar surface area (TPSA) is 55.4 Å². The Morgan fingerprint density at radius 2 is 1.93 bits per heavy atom. The second-order valence-electron chi connectivity index (χ2n) is 3.76. The zero-order chi connectivity index (χ0) is 11.9. The summed E-state index contributed by atoms with van der Waals surface area (Å²) in [7, 11) is -1.41. The third-order valence-corrected chi connectivity index (χ3v) is 4.91. The van der Waals surface area contributed by atoms with E-state index in [1.54, 1.807) is 14.0 Å². The number of hydrogen-bond acceptors (Lipinski definition) is 4. The summed E-state index contributed by atoms with van der Waals surface area (Å²) in [5.41, 5.74) is 0. The smallest absolute Gasteiger partial charge is 0.154 e. The van der Waals surface area contributed by atoms with Gasteiger partial charge in [0.05, 0.1) is 17.6 Å². The molecule has 0 aliphatic rings. The van der Waals surface area contributed by atoms with Gasteiger partial charge in [-0.1, -0.05) is 13.8 Å². The number of likely N-dealkylation sites (N-methyl/N-ethyl adjacent to an activating group) is 1. The van der Waals surface area contributed by atoms with E-state index in [2.05, 4.69) is 5.32 Å². The van der Waals surface area contributed by atoms with Crippen molar-refractivity contribution in [1.29, 1.82) is 0 Å². The molecular formula is C10H23NO3S. The van der Waals surface area contributed by atoms with E-state index in [-0.39, 0.29) is 17.0 Å². The zero-order valence-electron chi connectivity index (χ0n) is 10.1. The Morgan fingerprint density at radius 3 is 2.33 bits per heavy atom. The van der Waals surface area contributed by atoms with Crippen LogP contribution >= 0.6 is 0 Å². The van der Waals surface area contributed by atoms with E-state index in [0.717, 1.165) is 6.54 Å². The Hall–Kier alpha value is -0.130. The third-order valence-electron chi connectivity index (χ3n) is 2.48. The van der Waals surface area contributed by atoms with E-state index in [0.29, 0.717) is 13.0 Å². The molecule has 2 unspecified atom stereocenters. The fourth-order valence-corrected chi connectivity index (χ4v) is 2.97. The number of rotatable bonds is 8. The van der Waals surface area contributed by atoms with Crippen LogP contribution in [0.2, 0.25) is 0 Å². The Bertz CT molecular complexity index is 245. The van der Waals surface area contributed by atoms with E-state index in [9.17, 15) is 8.42 Å². The van der Waals surface area contributed by atoms with Crippen molar-refractivity contribution in [2.45, 2.75) is 38.5 Å². The molecule has 0 saturated heterocycles. The zero-order valence-corrected chi connectivity index (χ0v) is 10.9. The van der Waals surface area contributed by atoms with Gasteiger partial charge in [-0.3, -0.25) is 0 Å². The van der Waals surface area contributed by atoms with Crippen LogP contribution in [-0.2, 0) is 14.6 Å². The van der Waals surface area contributed by atoms with Crippen molar-refractivity contribution in [3.63, 3.8) is 0 Å². The van der Waals surface area contributed by atoms with Crippen molar-refractivity contribution in [2.24, 2.45) is 0 Å². The van der Waals surface area contributed by atoms with Crippen LogP contribution < -0.4 is 5.32 Å². The van der Waals surface area contributed by atoms with Gasteiger partial charge in [-0.15, -0.1) is 0 Å². The molecule has 0 aromatic heterocycles. The van der Waals surface area contributed by atoms with Crippen LogP contribution in [0.4, 0.5) is 0 Å². The van der Waals surface area contributed by atoms with Crippen molar-refractivity contribution in [3.8, 4) is 0 Å². The molecule has 0 rings (SSSR count). The Labute approximate surface area is 93.3 Å². The molecule has 0 fully saturated rings. The lowest BCUT2D eigenvalue weighted by Gasteiger charge is -2.19. The van der Waals surface area contributed by atoms with Gasteiger partial charge in [0.1, 0.15) is 0 Å². The van der Waals surface area contributed by atoms with Crippen molar-refractivity contribution in [3.05, 3.63) is 0 Å². The molecule has 92 valence electrons. The lowest BCUT2D eigenvalue weighted by atomic mass is 10.3. The Kier molecular flexibility index (Phi) is 7.13. The quantitative estimate of drug-likeness (QED) is 0.679. The van der Waals surface area contributed by atoms with Crippen molar-refractivity contribution < 1.29 is 13.2 Å². The highest BCUT2D eigenvalue weighted by molar-refractivity contribution is 7.92. The maximum absolute atomic E-state index is 11.8. The van der Waals surface area contributed by atoms with E-state index >= 15 is 0 Å². The van der Waals surface area contributed by atoms with Crippen LogP contribution in [0.25, 0.3) is 0 Å². The molecule has 0 saturated carbocycles. The maximum Gasteiger partial charge on any atom is 0.154 e. The fraction of sp³-hybridized carbons (Fsp3) is 1.00. The first-order valence-corrected chi connectivity index (χ1v) is 7.13. The highest BCUT2D eigenvalue weighted by atomic mass is 32.2. The van der Waals surface area contributed by atoms with Gasteiger partial charge in [0, 0.05) is 13.2 Å². The van der Waals surface area contributed by atoms with E-state index in [1.807, 2.05) is 13.8 Å². The summed E-state index contributed by atoms with van der Waals surface area (Å²) < 4.78 is 28.6. The lowest BCUT2D eigenvalue weighted by Crippen LogP contribution is -2.41. The second kappa shape index (κ2) is 7.19. The van der Waals surface area contributed by atoms with E-state index < -0.39 is 9.84 Å². The standard InChI is InChI=1S/C10H23NO3S/c1-5-9(3)15(12,13)8-10(7-14-4)11-6-2/h9-11H,5-8H2,1-4H3. The predicted octanol–water partition coefficient (Wildman–Crippen LogP) is 0.824. The predicted molar refractivity (Wildman–Crippen MR) is 62.9 cm³/mol. The molecule has 0 amide bonds. The number of ether oxygens (including phenoxy) is 1. The molecule has 4 nitrogen and oxygen atoms in total. The van der Waals surface area contributed by atoms with Crippen LogP contribution in [0.15, 0.2) is 0 Å². The minimum atomic E-state index is -3.00. The highest BCUT2D eigenvalue weighted by Gasteiger charge is 2.23. The molecule has 15 heavy (non-hydrogen) atoms. The van der Waals surface area contributed by atoms with Gasteiger partial charge in [0.2, 0.25) is 0 Å². The average Bonchev–Trinajstić information content (AvgIpc) is 2.16. The van der Waals surface area contributed by atoms with Gasteiger partial charge in [0.15, 0.2) is 9.84 Å². The van der Waals surface area contributed by atoms with Crippen LogP contribution in [0.3, 0.4) is 0 Å². The van der Waals surface area contributed by atoms with Gasteiger partial charge in [-0.25, -0.2) is 8.42 Å². The lowest BCUT2D eigenvalue weighted by molar-refractivity contribution is 0.174. The molecule has 0 radical (unpaired) electrons. The Morgan fingerprint density at radius 1 is 1.33 bits per heavy atom. The summed E-state index contributed by atoms with van der Waals surface area (Å²) in [4.78, 5) is 0.